The van der Waals surface area contributed by atoms with Crippen LogP contribution < -0.4 is 10.7 Å². The second kappa shape index (κ2) is 7.09. The smallest absolute Gasteiger partial charge is 0.412 e. The molecule has 2 amide bonds. The minimum Gasteiger partial charge on any atom is -0.503 e. The third-order valence-corrected chi connectivity index (χ3v) is 8.45. The Hall–Kier alpha value is -3.48. The first-order valence-electron chi connectivity index (χ1n) is 11.7. The van der Waals surface area contributed by atoms with Crippen molar-refractivity contribution < 1.29 is 41.4 Å². The van der Waals surface area contributed by atoms with Gasteiger partial charge in [-0.15, -0.1) is 0 Å². The highest BCUT2D eigenvalue weighted by atomic mass is 19.4. The van der Waals surface area contributed by atoms with Gasteiger partial charge in [-0.2, -0.15) is 13.2 Å². The molecule has 194 valence electrons. The number of hydrogen-bond donors (Lipinski definition) is 2. The summed E-state index contributed by atoms with van der Waals surface area (Å²) < 4.78 is 75.8. The van der Waals surface area contributed by atoms with E-state index >= 15 is 0 Å². The van der Waals surface area contributed by atoms with Gasteiger partial charge in [0.25, 0.3) is 11.8 Å². The molecule has 4 bridgehead atoms. The van der Waals surface area contributed by atoms with E-state index in [2.05, 4.69) is 0 Å². The van der Waals surface area contributed by atoms with Gasteiger partial charge in [-0.1, -0.05) is 6.07 Å². The molecule has 2 aliphatic heterocycles. The van der Waals surface area contributed by atoms with E-state index in [1.165, 1.54) is 4.90 Å². The summed E-state index contributed by atoms with van der Waals surface area (Å²) in [5.41, 5.74) is -3.64. The standard InChI is InChI=1S/C24H18F5N3O5/c25-7-1-2-8(10(26)3-7)21(24(27,28)29)30-22(35)9-5-31-6-13-32(23(36)18(31)20(34)19(9)33)11-4-12(37-13)15-16-14(11)17(15)16/h1-3,5,11-17,21,34H,4,6H2,(H,30,35)/t11?,12?,13-,14?,15?,16+,17?,21-/m0/s1. The minimum absolute atomic E-state index is 0.00510. The van der Waals surface area contributed by atoms with Crippen molar-refractivity contribution in [2.24, 2.45) is 23.7 Å². The van der Waals surface area contributed by atoms with Crippen molar-refractivity contribution in [1.82, 2.24) is 14.8 Å². The van der Waals surface area contributed by atoms with Gasteiger partial charge in [0, 0.05) is 23.9 Å². The summed E-state index contributed by atoms with van der Waals surface area (Å²) in [5, 5.41) is 12.2. The number of fused-ring (bicyclic) bond motifs is 2. The van der Waals surface area contributed by atoms with Crippen LogP contribution in [0.1, 0.15) is 38.9 Å². The highest BCUT2D eigenvalue weighted by Gasteiger charge is 2.82. The summed E-state index contributed by atoms with van der Waals surface area (Å²) in [5.74, 6) is -3.96. The molecular weight excluding hydrogens is 505 g/mol. The van der Waals surface area contributed by atoms with Crippen molar-refractivity contribution in [2.45, 2.75) is 43.6 Å². The maximum absolute atomic E-state index is 14.1. The number of aromatic nitrogens is 1. The summed E-state index contributed by atoms with van der Waals surface area (Å²) in [4.78, 5) is 40.5. The van der Waals surface area contributed by atoms with E-state index in [0.717, 1.165) is 10.8 Å². The number of alkyl halides is 3. The Bertz CT molecular complexity index is 1450. The zero-order chi connectivity index (χ0) is 26.1. The van der Waals surface area contributed by atoms with Crippen LogP contribution in [0.2, 0.25) is 0 Å². The lowest BCUT2D eigenvalue weighted by molar-refractivity contribution is -0.195. The molecule has 2 N–H and O–H groups in total. The monoisotopic (exact) mass is 523 g/mol. The van der Waals surface area contributed by atoms with E-state index in [-0.39, 0.29) is 30.5 Å². The first-order valence-corrected chi connectivity index (χ1v) is 11.7. The maximum Gasteiger partial charge on any atom is 0.412 e. The second-order valence-corrected chi connectivity index (χ2v) is 10.3. The van der Waals surface area contributed by atoms with Gasteiger partial charge >= 0.3 is 6.18 Å². The molecule has 1 aromatic carbocycles. The second-order valence-electron chi connectivity index (χ2n) is 10.3. The predicted molar refractivity (Wildman–Crippen MR) is 112 cm³/mol. The van der Waals surface area contributed by atoms with Gasteiger partial charge in [-0.3, -0.25) is 14.4 Å². The third kappa shape index (κ3) is 3.06. The first-order chi connectivity index (χ1) is 17.5. The van der Waals surface area contributed by atoms with Crippen molar-refractivity contribution in [3.05, 3.63) is 63.1 Å². The van der Waals surface area contributed by atoms with Crippen LogP contribution in [0.4, 0.5) is 22.0 Å². The summed E-state index contributed by atoms with van der Waals surface area (Å²) in [6.45, 7) is -0.0355. The molecule has 6 aliphatic rings. The molecule has 4 saturated carbocycles. The number of halogens is 5. The Morgan fingerprint density at radius 1 is 1.14 bits per heavy atom. The summed E-state index contributed by atoms with van der Waals surface area (Å²) in [6.07, 6.45) is -4.34. The fraction of sp³-hybridized carbons (Fsp3) is 0.458. The number of rotatable bonds is 3. The number of nitrogens with zero attached hydrogens (tertiary/aromatic N) is 2. The average molecular weight is 523 g/mol. The van der Waals surface area contributed by atoms with Crippen molar-refractivity contribution in [1.29, 1.82) is 0 Å². The van der Waals surface area contributed by atoms with Crippen molar-refractivity contribution in [3.8, 4) is 5.75 Å². The van der Waals surface area contributed by atoms with Crippen molar-refractivity contribution >= 4 is 11.8 Å². The summed E-state index contributed by atoms with van der Waals surface area (Å²) in [7, 11) is 0. The molecule has 8 rings (SSSR count). The number of benzene rings is 1. The molecule has 2 aromatic rings. The molecule has 0 radical (unpaired) electrons. The normalized spacial score (nSPS) is 33.2. The molecule has 1 aromatic heterocycles. The van der Waals surface area contributed by atoms with E-state index in [1.807, 2.05) is 0 Å². The van der Waals surface area contributed by atoms with Gasteiger partial charge in [0.2, 0.25) is 5.43 Å². The van der Waals surface area contributed by atoms with Crippen LogP contribution in [0.5, 0.6) is 5.75 Å². The average Bonchev–Trinajstić information content (AvgIpc) is 3.72. The fourth-order valence-corrected chi connectivity index (χ4v) is 6.79. The number of carbonyl (C=O) groups is 2. The SMILES string of the molecule is O=C(N[C@@H](c1ccc(F)cc1F)C(F)(F)F)c1cn2c(c(O)c1=O)C(=O)N1C3CC(O[C@H]1C2)C1C2C3[C@H]12. The highest BCUT2D eigenvalue weighted by molar-refractivity contribution is 5.99. The Morgan fingerprint density at radius 3 is 2.54 bits per heavy atom. The molecule has 0 spiro atoms. The number of ether oxygens (including phenoxy) is 1. The Kier molecular flexibility index (Phi) is 4.35. The molecule has 5 unspecified atom stereocenters. The maximum atomic E-state index is 14.1. The van der Waals surface area contributed by atoms with Crippen LogP contribution in [0.3, 0.4) is 0 Å². The van der Waals surface area contributed by atoms with Crippen molar-refractivity contribution in [3.63, 3.8) is 0 Å². The van der Waals surface area contributed by atoms with Crippen LogP contribution in [-0.4, -0.2) is 50.9 Å². The van der Waals surface area contributed by atoms with Crippen LogP contribution in [0.15, 0.2) is 29.2 Å². The molecule has 13 heteroatoms. The van der Waals surface area contributed by atoms with Gasteiger partial charge in [-0.25, -0.2) is 8.78 Å². The largest absolute Gasteiger partial charge is 0.503 e. The van der Waals surface area contributed by atoms with E-state index in [9.17, 15) is 41.4 Å². The lowest BCUT2D eigenvalue weighted by Crippen LogP contribution is -2.64. The summed E-state index contributed by atoms with van der Waals surface area (Å²) in [6, 6.07) is -1.60. The number of hydrogen-bond acceptors (Lipinski definition) is 5. The summed E-state index contributed by atoms with van der Waals surface area (Å²) >= 11 is 0. The molecule has 8 atom stereocenters. The number of amides is 2. The number of pyridine rings is 1. The predicted octanol–water partition coefficient (Wildman–Crippen LogP) is 2.31. The molecule has 1 saturated heterocycles. The number of carbonyl (C=O) groups excluding carboxylic acids is 2. The van der Waals surface area contributed by atoms with Crippen LogP contribution in [0.25, 0.3) is 0 Å². The quantitative estimate of drug-likeness (QED) is 0.602. The van der Waals surface area contributed by atoms with Gasteiger partial charge in [0.05, 0.1) is 12.6 Å². The topological polar surface area (TPSA) is 101 Å². The van der Waals surface area contributed by atoms with E-state index in [4.69, 9.17) is 4.74 Å². The zero-order valence-electron chi connectivity index (χ0n) is 18.7. The zero-order valence-corrected chi connectivity index (χ0v) is 18.7. The van der Waals surface area contributed by atoms with Crippen LogP contribution >= 0.6 is 0 Å². The molecule has 3 heterocycles. The number of nitrogens with one attached hydrogen (secondary N) is 1. The first kappa shape index (κ1) is 22.7. The van der Waals surface area contributed by atoms with Gasteiger partial charge in [0.15, 0.2) is 23.7 Å². The minimum atomic E-state index is -5.20. The highest BCUT2D eigenvalue weighted by Crippen LogP contribution is 2.80. The van der Waals surface area contributed by atoms with Crippen LogP contribution in [-0.2, 0) is 11.3 Å². The molecule has 37 heavy (non-hydrogen) atoms. The Labute approximate surface area is 204 Å². The van der Waals surface area contributed by atoms with Crippen LogP contribution in [0, 0.1) is 35.3 Å². The van der Waals surface area contributed by atoms with Gasteiger partial charge in [0.1, 0.15) is 17.2 Å². The Morgan fingerprint density at radius 2 is 1.86 bits per heavy atom. The lowest BCUT2D eigenvalue weighted by Gasteiger charge is -2.53. The van der Waals surface area contributed by atoms with E-state index < -0.39 is 64.2 Å². The molecule has 8 nitrogen and oxygen atoms in total. The fourth-order valence-electron chi connectivity index (χ4n) is 6.79. The van der Waals surface area contributed by atoms with E-state index in [1.54, 1.807) is 5.32 Å². The van der Waals surface area contributed by atoms with Gasteiger partial charge in [-0.05, 0) is 36.2 Å². The lowest BCUT2D eigenvalue weighted by atomic mass is 9.79. The Balaban J connectivity index is 1.23. The molecule has 5 fully saturated rings. The molecular formula is C24H18F5N3O5. The number of aromatic hydroxyl groups is 1. The molecule has 4 aliphatic carbocycles. The van der Waals surface area contributed by atoms with Crippen molar-refractivity contribution in [2.75, 3.05) is 0 Å². The van der Waals surface area contributed by atoms with E-state index in [0.29, 0.717) is 42.2 Å². The van der Waals surface area contributed by atoms with Gasteiger partial charge < -0.3 is 24.6 Å². The third-order valence-electron chi connectivity index (χ3n) is 8.45.